The van der Waals surface area contributed by atoms with Crippen LogP contribution in [0.15, 0.2) is 47.4 Å². The lowest BCUT2D eigenvalue weighted by Crippen LogP contribution is -2.41. The highest BCUT2D eigenvalue weighted by Crippen LogP contribution is 2.26. The molecule has 2 aromatic rings. The van der Waals surface area contributed by atoms with E-state index in [9.17, 15) is 13.2 Å². The van der Waals surface area contributed by atoms with Gasteiger partial charge in [-0.05, 0) is 55.9 Å². The van der Waals surface area contributed by atoms with E-state index in [0.29, 0.717) is 17.3 Å². The van der Waals surface area contributed by atoms with Gasteiger partial charge < -0.3 is 5.32 Å². The number of aryl methyl sites for hydroxylation is 2. The Hall–Kier alpha value is -1.70. The Labute approximate surface area is 176 Å². The van der Waals surface area contributed by atoms with Gasteiger partial charge in [0.2, 0.25) is 15.9 Å². The van der Waals surface area contributed by atoms with Crippen LogP contribution in [0.25, 0.3) is 0 Å². The Morgan fingerprint density at radius 3 is 2.46 bits per heavy atom. The Morgan fingerprint density at radius 1 is 1.14 bits per heavy atom. The molecular formula is C20H25ClN2O3S2. The molecule has 0 atom stereocenters. The first-order valence-corrected chi connectivity index (χ1v) is 12.1. The van der Waals surface area contributed by atoms with Gasteiger partial charge in [0.1, 0.15) is 6.54 Å². The van der Waals surface area contributed by atoms with Crippen LogP contribution in [0.1, 0.15) is 17.5 Å². The van der Waals surface area contributed by atoms with Crippen LogP contribution >= 0.6 is 23.4 Å². The molecule has 0 aliphatic rings. The second-order valence-electron chi connectivity index (χ2n) is 6.57. The molecule has 2 rings (SSSR count). The molecular weight excluding hydrogens is 416 g/mol. The van der Waals surface area contributed by atoms with Gasteiger partial charge in [-0.1, -0.05) is 35.4 Å². The summed E-state index contributed by atoms with van der Waals surface area (Å²) in [6.45, 7) is 4.05. The second-order valence-corrected chi connectivity index (χ2v) is 10.1. The summed E-state index contributed by atoms with van der Waals surface area (Å²) in [5.41, 5.74) is 2.37. The second kappa shape index (κ2) is 10.2. The molecule has 8 heteroatoms. The third kappa shape index (κ3) is 7.04. The number of nitrogens with zero attached hydrogens (tertiary/aromatic N) is 1. The molecule has 28 heavy (non-hydrogen) atoms. The number of amides is 1. The number of nitrogens with one attached hydrogen (secondary N) is 1. The Bertz CT molecular complexity index is 916. The van der Waals surface area contributed by atoms with Crippen LogP contribution in [0.4, 0.5) is 5.69 Å². The zero-order chi connectivity index (χ0) is 20.7. The van der Waals surface area contributed by atoms with E-state index in [1.165, 1.54) is 10.5 Å². The average molecular weight is 441 g/mol. The van der Waals surface area contributed by atoms with E-state index < -0.39 is 10.0 Å². The number of rotatable bonds is 9. The summed E-state index contributed by atoms with van der Waals surface area (Å²) >= 11 is 7.73. The van der Waals surface area contributed by atoms with E-state index >= 15 is 0 Å². The molecule has 152 valence electrons. The third-order valence-corrected chi connectivity index (χ3v) is 6.52. The average Bonchev–Trinajstić information content (AvgIpc) is 2.62. The summed E-state index contributed by atoms with van der Waals surface area (Å²) in [7, 11) is -3.62. The molecule has 0 spiro atoms. The molecule has 0 aliphatic heterocycles. The number of anilines is 1. The lowest BCUT2D eigenvalue weighted by atomic mass is 10.2. The largest absolute Gasteiger partial charge is 0.354 e. The first kappa shape index (κ1) is 22.6. The molecule has 0 heterocycles. The topological polar surface area (TPSA) is 66.5 Å². The van der Waals surface area contributed by atoms with Crippen molar-refractivity contribution in [2.75, 3.05) is 29.4 Å². The molecule has 2 aromatic carbocycles. The van der Waals surface area contributed by atoms with E-state index in [2.05, 4.69) is 36.5 Å². The van der Waals surface area contributed by atoms with Crippen LogP contribution in [0.5, 0.6) is 0 Å². The van der Waals surface area contributed by atoms with Crippen molar-refractivity contribution in [3.63, 3.8) is 0 Å². The summed E-state index contributed by atoms with van der Waals surface area (Å²) in [5.74, 6) is 0.525. The van der Waals surface area contributed by atoms with E-state index in [4.69, 9.17) is 11.6 Å². The van der Waals surface area contributed by atoms with Crippen molar-refractivity contribution in [1.82, 2.24) is 5.32 Å². The van der Waals surface area contributed by atoms with E-state index in [1.807, 2.05) is 0 Å². The smallest absolute Gasteiger partial charge is 0.240 e. The molecule has 0 unspecified atom stereocenters. The number of halogens is 1. The first-order valence-electron chi connectivity index (χ1n) is 8.87. The predicted octanol–water partition coefficient (Wildman–Crippen LogP) is 4.02. The van der Waals surface area contributed by atoms with Gasteiger partial charge in [-0.25, -0.2) is 8.42 Å². The number of carbonyl (C=O) groups excluding carboxylic acids is 1. The molecule has 1 amide bonds. The van der Waals surface area contributed by atoms with E-state index in [-0.39, 0.29) is 12.5 Å². The fourth-order valence-corrected chi connectivity index (χ4v) is 4.47. The van der Waals surface area contributed by atoms with Crippen molar-refractivity contribution in [1.29, 1.82) is 0 Å². The van der Waals surface area contributed by atoms with Crippen LogP contribution in [-0.4, -0.2) is 39.4 Å². The highest BCUT2D eigenvalue weighted by molar-refractivity contribution is 7.99. The molecule has 0 saturated heterocycles. The normalized spacial score (nSPS) is 11.3. The fraction of sp³-hybridized carbons (Fsp3) is 0.350. The van der Waals surface area contributed by atoms with Crippen LogP contribution in [-0.2, 0) is 14.8 Å². The number of thioether (sulfide) groups is 1. The summed E-state index contributed by atoms with van der Waals surface area (Å²) in [5, 5.41) is 3.21. The Morgan fingerprint density at radius 2 is 1.82 bits per heavy atom. The van der Waals surface area contributed by atoms with Crippen molar-refractivity contribution in [2.24, 2.45) is 0 Å². The number of benzene rings is 2. The molecule has 0 saturated carbocycles. The van der Waals surface area contributed by atoms with Gasteiger partial charge in [-0.15, -0.1) is 11.8 Å². The van der Waals surface area contributed by atoms with Crippen molar-refractivity contribution >= 4 is 45.0 Å². The van der Waals surface area contributed by atoms with Crippen molar-refractivity contribution in [3.8, 4) is 0 Å². The molecule has 5 nitrogen and oxygen atoms in total. The molecule has 0 aliphatic carbocycles. The number of sulfonamides is 1. The number of carbonyl (C=O) groups is 1. The van der Waals surface area contributed by atoms with Gasteiger partial charge >= 0.3 is 0 Å². The predicted molar refractivity (Wildman–Crippen MR) is 118 cm³/mol. The SMILES string of the molecule is Cc1ccc(SCCCNC(=O)CN(c2cc(Cl)ccc2C)S(C)(=O)=O)cc1. The zero-order valence-corrected chi connectivity index (χ0v) is 18.6. The van der Waals surface area contributed by atoms with Gasteiger partial charge in [-0.3, -0.25) is 9.10 Å². The summed E-state index contributed by atoms with van der Waals surface area (Å²) in [6, 6.07) is 13.3. The molecule has 1 N–H and O–H groups in total. The Balaban J connectivity index is 1.86. The summed E-state index contributed by atoms with van der Waals surface area (Å²) in [4.78, 5) is 13.5. The highest BCUT2D eigenvalue weighted by atomic mass is 35.5. The lowest BCUT2D eigenvalue weighted by molar-refractivity contribution is -0.119. The minimum absolute atomic E-state index is 0.273. The molecule has 0 bridgehead atoms. The Kier molecular flexibility index (Phi) is 8.22. The van der Waals surface area contributed by atoms with Crippen LogP contribution in [0.2, 0.25) is 5.02 Å². The van der Waals surface area contributed by atoms with Crippen LogP contribution in [0, 0.1) is 13.8 Å². The maximum Gasteiger partial charge on any atom is 0.240 e. The van der Waals surface area contributed by atoms with Gasteiger partial charge in [0.05, 0.1) is 11.9 Å². The maximum absolute atomic E-state index is 12.3. The highest BCUT2D eigenvalue weighted by Gasteiger charge is 2.22. The van der Waals surface area contributed by atoms with Gasteiger partial charge in [0.25, 0.3) is 0 Å². The number of hydrogen-bond acceptors (Lipinski definition) is 4. The quantitative estimate of drug-likeness (QED) is 0.472. The minimum Gasteiger partial charge on any atom is -0.354 e. The van der Waals surface area contributed by atoms with Crippen LogP contribution in [0.3, 0.4) is 0 Å². The van der Waals surface area contributed by atoms with Crippen molar-refractivity contribution in [2.45, 2.75) is 25.2 Å². The first-order chi connectivity index (χ1) is 13.2. The van der Waals surface area contributed by atoms with Gasteiger partial charge in [0.15, 0.2) is 0 Å². The van der Waals surface area contributed by atoms with Crippen molar-refractivity contribution < 1.29 is 13.2 Å². The minimum atomic E-state index is -3.62. The van der Waals surface area contributed by atoms with Gasteiger partial charge in [-0.2, -0.15) is 0 Å². The molecule has 0 aromatic heterocycles. The van der Waals surface area contributed by atoms with Crippen LogP contribution < -0.4 is 9.62 Å². The molecule has 0 radical (unpaired) electrons. The number of hydrogen-bond donors (Lipinski definition) is 1. The summed E-state index contributed by atoms with van der Waals surface area (Å²) < 4.78 is 25.5. The van der Waals surface area contributed by atoms with E-state index in [0.717, 1.165) is 28.3 Å². The van der Waals surface area contributed by atoms with E-state index in [1.54, 1.807) is 36.9 Å². The fourth-order valence-electron chi connectivity index (χ4n) is 2.54. The van der Waals surface area contributed by atoms with Gasteiger partial charge in [0, 0.05) is 16.5 Å². The standard InChI is InChI=1S/C20H25ClN2O3S2/c1-15-5-9-18(10-6-15)27-12-4-11-22-20(24)14-23(28(3,25)26)19-13-17(21)8-7-16(19)2/h5-10,13H,4,11-12,14H2,1-3H3,(H,22,24). The molecule has 0 fully saturated rings. The summed E-state index contributed by atoms with van der Waals surface area (Å²) in [6.07, 6.45) is 1.87. The monoisotopic (exact) mass is 440 g/mol. The third-order valence-electron chi connectivity index (χ3n) is 4.06. The maximum atomic E-state index is 12.3. The van der Waals surface area contributed by atoms with Crippen molar-refractivity contribution in [3.05, 3.63) is 58.6 Å². The lowest BCUT2D eigenvalue weighted by Gasteiger charge is -2.23. The zero-order valence-electron chi connectivity index (χ0n) is 16.2.